The summed E-state index contributed by atoms with van der Waals surface area (Å²) in [7, 11) is 0. The van der Waals surface area contributed by atoms with Gasteiger partial charge in [0.2, 0.25) is 5.91 Å². The van der Waals surface area contributed by atoms with Crippen molar-refractivity contribution in [3.63, 3.8) is 0 Å². The van der Waals surface area contributed by atoms with Crippen molar-refractivity contribution in [2.75, 3.05) is 5.32 Å². The van der Waals surface area contributed by atoms with E-state index in [2.05, 4.69) is 10.3 Å². The molecule has 0 saturated heterocycles. The largest absolute Gasteiger partial charge is 0.326 e. The summed E-state index contributed by atoms with van der Waals surface area (Å²) < 4.78 is 15.5. The van der Waals surface area contributed by atoms with Crippen LogP contribution in [0.15, 0.2) is 54.0 Å². The van der Waals surface area contributed by atoms with Crippen LogP contribution >= 0.6 is 22.9 Å². The standard InChI is InChI=1S/C20H15ClFN3OS/c1-12-2-7-15(8-17(12)22)23-19(26)9-16-11-27-20-24-18(10-25(16)20)13-3-5-14(21)6-4-13/h2-8,10-11H,9H2,1H3,(H,23,26). The van der Waals surface area contributed by atoms with Crippen LogP contribution in [0.1, 0.15) is 11.3 Å². The molecule has 0 radical (unpaired) electrons. The highest BCUT2D eigenvalue weighted by Crippen LogP contribution is 2.25. The van der Waals surface area contributed by atoms with Crippen molar-refractivity contribution in [2.24, 2.45) is 0 Å². The van der Waals surface area contributed by atoms with E-state index in [0.717, 1.165) is 21.9 Å². The van der Waals surface area contributed by atoms with Gasteiger partial charge in [0.25, 0.3) is 0 Å². The molecule has 4 rings (SSSR count). The second-order valence-electron chi connectivity index (χ2n) is 6.20. The highest BCUT2D eigenvalue weighted by atomic mass is 35.5. The predicted octanol–water partition coefficient (Wildman–Crippen LogP) is 5.34. The summed E-state index contributed by atoms with van der Waals surface area (Å²) in [5, 5.41) is 5.31. The maximum Gasteiger partial charge on any atom is 0.230 e. The number of aryl methyl sites for hydroxylation is 1. The van der Waals surface area contributed by atoms with E-state index in [9.17, 15) is 9.18 Å². The summed E-state index contributed by atoms with van der Waals surface area (Å²) in [4.78, 5) is 17.8. The first-order valence-corrected chi connectivity index (χ1v) is 9.53. The quantitative estimate of drug-likeness (QED) is 0.503. The second kappa shape index (κ2) is 7.13. The molecule has 2 aromatic heterocycles. The Balaban J connectivity index is 1.54. The minimum Gasteiger partial charge on any atom is -0.326 e. The molecule has 1 N–H and O–H groups in total. The Morgan fingerprint density at radius 1 is 1.26 bits per heavy atom. The maximum atomic E-state index is 13.6. The molecule has 2 heterocycles. The van der Waals surface area contributed by atoms with E-state index in [-0.39, 0.29) is 18.1 Å². The van der Waals surface area contributed by atoms with Gasteiger partial charge in [-0.15, -0.1) is 11.3 Å². The van der Waals surface area contributed by atoms with E-state index >= 15 is 0 Å². The molecule has 2 aromatic carbocycles. The topological polar surface area (TPSA) is 46.4 Å². The van der Waals surface area contributed by atoms with E-state index in [4.69, 9.17) is 11.6 Å². The Hall–Kier alpha value is -2.70. The fraction of sp³-hybridized carbons (Fsp3) is 0.100. The maximum absolute atomic E-state index is 13.6. The Morgan fingerprint density at radius 3 is 2.78 bits per heavy atom. The number of carbonyl (C=O) groups is 1. The molecule has 1 amide bonds. The van der Waals surface area contributed by atoms with Crippen molar-refractivity contribution in [3.05, 3.63) is 76.1 Å². The lowest BCUT2D eigenvalue weighted by Crippen LogP contribution is -2.15. The van der Waals surface area contributed by atoms with Gasteiger partial charge in [0.1, 0.15) is 5.82 Å². The van der Waals surface area contributed by atoms with Crippen molar-refractivity contribution < 1.29 is 9.18 Å². The van der Waals surface area contributed by atoms with Crippen molar-refractivity contribution >= 4 is 39.5 Å². The van der Waals surface area contributed by atoms with Crippen LogP contribution in [0.5, 0.6) is 0 Å². The van der Waals surface area contributed by atoms with Crippen molar-refractivity contribution in [2.45, 2.75) is 13.3 Å². The number of thiazole rings is 1. The SMILES string of the molecule is Cc1ccc(NC(=O)Cc2csc3nc(-c4ccc(Cl)cc4)cn23)cc1F. The molecule has 136 valence electrons. The summed E-state index contributed by atoms with van der Waals surface area (Å²) in [6, 6.07) is 12.1. The number of aromatic nitrogens is 2. The number of hydrogen-bond acceptors (Lipinski definition) is 3. The molecule has 0 unspecified atom stereocenters. The first-order valence-electron chi connectivity index (χ1n) is 8.27. The van der Waals surface area contributed by atoms with E-state index in [1.165, 1.54) is 17.4 Å². The van der Waals surface area contributed by atoms with Gasteiger partial charge in [-0.1, -0.05) is 29.8 Å². The average Bonchev–Trinajstić information content (AvgIpc) is 3.21. The highest BCUT2D eigenvalue weighted by molar-refractivity contribution is 7.15. The van der Waals surface area contributed by atoms with E-state index in [1.807, 2.05) is 40.2 Å². The first-order chi connectivity index (χ1) is 13.0. The van der Waals surface area contributed by atoms with Crippen LogP contribution in [0.2, 0.25) is 5.02 Å². The number of halogens is 2. The molecule has 0 bridgehead atoms. The molecule has 0 spiro atoms. The molecule has 0 saturated carbocycles. The number of nitrogens with one attached hydrogen (secondary N) is 1. The molecule has 0 fully saturated rings. The van der Waals surface area contributed by atoms with Crippen LogP contribution in [0.25, 0.3) is 16.2 Å². The number of benzene rings is 2. The smallest absolute Gasteiger partial charge is 0.230 e. The second-order valence-corrected chi connectivity index (χ2v) is 7.47. The zero-order valence-electron chi connectivity index (χ0n) is 14.4. The zero-order chi connectivity index (χ0) is 19.0. The fourth-order valence-electron chi connectivity index (χ4n) is 2.76. The number of imidazole rings is 1. The molecule has 7 heteroatoms. The Bertz CT molecular complexity index is 1130. The minimum absolute atomic E-state index is 0.173. The zero-order valence-corrected chi connectivity index (χ0v) is 15.9. The lowest BCUT2D eigenvalue weighted by molar-refractivity contribution is -0.115. The van der Waals surface area contributed by atoms with Gasteiger partial charge in [-0.2, -0.15) is 0 Å². The van der Waals surface area contributed by atoms with Gasteiger partial charge in [-0.3, -0.25) is 9.20 Å². The monoisotopic (exact) mass is 399 g/mol. The van der Waals surface area contributed by atoms with Gasteiger partial charge >= 0.3 is 0 Å². The normalized spacial score (nSPS) is 11.1. The first kappa shape index (κ1) is 17.7. The van der Waals surface area contributed by atoms with Gasteiger partial charge in [-0.25, -0.2) is 9.37 Å². The number of rotatable bonds is 4. The van der Waals surface area contributed by atoms with Gasteiger partial charge in [-0.05, 0) is 36.8 Å². The molecule has 0 aliphatic heterocycles. The number of fused-ring (bicyclic) bond motifs is 1. The molecular formula is C20H15ClFN3OS. The fourth-order valence-corrected chi connectivity index (χ4v) is 3.76. The molecule has 27 heavy (non-hydrogen) atoms. The summed E-state index contributed by atoms with van der Waals surface area (Å²) in [5.41, 5.74) is 3.59. The third kappa shape index (κ3) is 3.72. The van der Waals surface area contributed by atoms with Crippen LogP contribution in [0.4, 0.5) is 10.1 Å². The van der Waals surface area contributed by atoms with Crippen LogP contribution in [-0.2, 0) is 11.2 Å². The van der Waals surface area contributed by atoms with Crippen LogP contribution in [-0.4, -0.2) is 15.3 Å². The third-order valence-corrected chi connectivity index (χ3v) is 5.36. The number of anilines is 1. The average molecular weight is 400 g/mol. The molecule has 4 nitrogen and oxygen atoms in total. The van der Waals surface area contributed by atoms with E-state index < -0.39 is 0 Å². The van der Waals surface area contributed by atoms with Crippen LogP contribution in [0.3, 0.4) is 0 Å². The van der Waals surface area contributed by atoms with Crippen molar-refractivity contribution in [3.8, 4) is 11.3 Å². The summed E-state index contributed by atoms with van der Waals surface area (Å²) in [6.45, 7) is 1.68. The van der Waals surface area contributed by atoms with E-state index in [0.29, 0.717) is 16.3 Å². The summed E-state index contributed by atoms with van der Waals surface area (Å²) in [6.07, 6.45) is 2.08. The lowest BCUT2D eigenvalue weighted by atomic mass is 10.2. The van der Waals surface area contributed by atoms with Crippen molar-refractivity contribution in [1.82, 2.24) is 9.38 Å². The number of carbonyl (C=O) groups excluding carboxylic acids is 1. The lowest BCUT2D eigenvalue weighted by Gasteiger charge is -2.06. The Labute approximate surface area is 164 Å². The summed E-state index contributed by atoms with van der Waals surface area (Å²) in [5.74, 6) is -0.548. The minimum atomic E-state index is -0.340. The van der Waals surface area contributed by atoms with Crippen LogP contribution < -0.4 is 5.32 Å². The molecule has 0 atom stereocenters. The Kier molecular flexibility index (Phi) is 4.68. The van der Waals surface area contributed by atoms with E-state index in [1.54, 1.807) is 19.1 Å². The molecule has 4 aromatic rings. The summed E-state index contributed by atoms with van der Waals surface area (Å²) >= 11 is 7.40. The van der Waals surface area contributed by atoms with Gasteiger partial charge < -0.3 is 5.32 Å². The van der Waals surface area contributed by atoms with Gasteiger partial charge in [0.05, 0.1) is 12.1 Å². The molecule has 0 aliphatic carbocycles. The number of nitrogens with zero attached hydrogens (tertiary/aromatic N) is 2. The third-order valence-electron chi connectivity index (χ3n) is 4.22. The van der Waals surface area contributed by atoms with Crippen molar-refractivity contribution in [1.29, 1.82) is 0 Å². The molecule has 0 aliphatic rings. The van der Waals surface area contributed by atoms with Gasteiger partial charge in [0, 0.05) is 33.5 Å². The highest BCUT2D eigenvalue weighted by Gasteiger charge is 2.13. The number of hydrogen-bond donors (Lipinski definition) is 1. The van der Waals surface area contributed by atoms with Crippen LogP contribution in [0, 0.1) is 12.7 Å². The molecular weight excluding hydrogens is 385 g/mol. The predicted molar refractivity (Wildman–Crippen MR) is 107 cm³/mol. The van der Waals surface area contributed by atoms with Gasteiger partial charge in [0.15, 0.2) is 4.96 Å². The Morgan fingerprint density at radius 2 is 2.04 bits per heavy atom. The number of amides is 1.